The monoisotopic (exact) mass is 880 g/mol. The highest BCUT2D eigenvalue weighted by Crippen LogP contribution is 2.55. The molecule has 0 unspecified atom stereocenters. The second kappa shape index (κ2) is 14.5. The molecule has 8 aromatic rings. The third kappa shape index (κ3) is 6.71. The molecule has 332 valence electrons. The van der Waals surface area contributed by atoms with Gasteiger partial charge in [-0.1, -0.05) is 163 Å². The van der Waals surface area contributed by atoms with Crippen LogP contribution in [0.4, 0.5) is 28.4 Å². The van der Waals surface area contributed by atoms with Gasteiger partial charge in [-0.05, 0) is 150 Å². The predicted molar refractivity (Wildman–Crippen MR) is 290 cm³/mol. The van der Waals surface area contributed by atoms with Crippen molar-refractivity contribution in [2.24, 2.45) is 0 Å². The van der Waals surface area contributed by atoms with E-state index in [2.05, 4.69) is 233 Å². The van der Waals surface area contributed by atoms with Crippen molar-refractivity contribution in [1.82, 2.24) is 0 Å². The fourth-order valence-corrected chi connectivity index (χ4v) is 12.5. The molecular formula is C62H65BN2S. The Labute approximate surface area is 398 Å². The van der Waals surface area contributed by atoms with E-state index in [1.807, 2.05) is 11.3 Å². The van der Waals surface area contributed by atoms with Crippen LogP contribution < -0.4 is 20.6 Å². The van der Waals surface area contributed by atoms with E-state index in [-0.39, 0.29) is 33.9 Å². The van der Waals surface area contributed by atoms with Gasteiger partial charge in [0.2, 0.25) is 0 Å². The molecule has 0 saturated carbocycles. The average molecular weight is 881 g/mol. The van der Waals surface area contributed by atoms with Crippen molar-refractivity contribution in [2.75, 3.05) is 9.71 Å². The quantitative estimate of drug-likeness (QED) is 0.163. The Morgan fingerprint density at radius 3 is 1.74 bits per heavy atom. The Kier molecular flexibility index (Phi) is 9.43. The zero-order valence-electron chi connectivity index (χ0n) is 41.5. The number of anilines is 5. The Balaban J connectivity index is 1.32. The summed E-state index contributed by atoms with van der Waals surface area (Å²) >= 11 is 1.93. The van der Waals surface area contributed by atoms with Crippen LogP contribution in [0.25, 0.3) is 42.4 Å². The van der Waals surface area contributed by atoms with Crippen LogP contribution in [0, 0.1) is 0 Å². The molecule has 2 aliphatic heterocycles. The number of benzene rings is 7. The molecule has 0 fully saturated rings. The lowest BCUT2D eigenvalue weighted by Gasteiger charge is -2.48. The van der Waals surface area contributed by atoms with E-state index < -0.39 is 0 Å². The fourth-order valence-electron chi connectivity index (χ4n) is 11.4. The second-order valence-electron chi connectivity index (χ2n) is 24.1. The van der Waals surface area contributed by atoms with Gasteiger partial charge in [0.25, 0.3) is 0 Å². The minimum atomic E-state index is -0.103. The first-order chi connectivity index (χ1) is 31.1. The summed E-state index contributed by atoms with van der Waals surface area (Å²) in [4.78, 5) is 5.43. The molecule has 7 aromatic carbocycles. The van der Waals surface area contributed by atoms with Crippen molar-refractivity contribution in [3.05, 3.63) is 161 Å². The number of nitrogens with zero attached hydrogens (tertiary/aromatic N) is 2. The third-order valence-electron chi connectivity index (χ3n) is 15.6. The van der Waals surface area contributed by atoms with Gasteiger partial charge in [-0.2, -0.15) is 0 Å². The van der Waals surface area contributed by atoms with Crippen LogP contribution in [-0.2, 0) is 27.1 Å². The molecular weight excluding hydrogens is 816 g/mol. The first kappa shape index (κ1) is 43.0. The highest BCUT2D eigenvalue weighted by molar-refractivity contribution is 7.26. The number of hydrogen-bond donors (Lipinski definition) is 0. The van der Waals surface area contributed by atoms with Gasteiger partial charge >= 0.3 is 6.85 Å². The van der Waals surface area contributed by atoms with Crippen molar-refractivity contribution in [2.45, 2.75) is 130 Å². The van der Waals surface area contributed by atoms with Gasteiger partial charge in [0.15, 0.2) is 0 Å². The van der Waals surface area contributed by atoms with Crippen LogP contribution in [0.15, 0.2) is 133 Å². The minimum absolute atomic E-state index is 0.0196. The maximum atomic E-state index is 2.75. The summed E-state index contributed by atoms with van der Waals surface area (Å²) in [5.74, 6) is 0. The van der Waals surface area contributed by atoms with Gasteiger partial charge in [-0.15, -0.1) is 11.3 Å². The molecule has 3 heterocycles. The average Bonchev–Trinajstić information content (AvgIpc) is 3.63. The molecule has 0 spiro atoms. The molecule has 0 radical (unpaired) electrons. The topological polar surface area (TPSA) is 6.48 Å². The maximum absolute atomic E-state index is 2.75. The summed E-state index contributed by atoms with van der Waals surface area (Å²) in [5, 5.41) is 2.64. The largest absolute Gasteiger partial charge is 0.376 e. The molecule has 1 aliphatic carbocycles. The molecule has 0 atom stereocenters. The Bertz CT molecular complexity index is 3260. The Hall–Kier alpha value is -5.58. The first-order valence-corrected chi connectivity index (χ1v) is 25.1. The van der Waals surface area contributed by atoms with Crippen LogP contribution in [-0.4, -0.2) is 6.85 Å². The smallest absolute Gasteiger partial charge is 0.333 e. The van der Waals surface area contributed by atoms with Crippen molar-refractivity contribution >= 4 is 77.7 Å². The van der Waals surface area contributed by atoms with E-state index in [0.717, 1.165) is 0 Å². The zero-order chi connectivity index (χ0) is 46.5. The van der Waals surface area contributed by atoms with Crippen molar-refractivity contribution < 1.29 is 0 Å². The van der Waals surface area contributed by atoms with Crippen LogP contribution in [0.5, 0.6) is 0 Å². The number of thiophene rings is 1. The van der Waals surface area contributed by atoms with E-state index in [0.29, 0.717) is 0 Å². The number of rotatable bonds is 3. The molecule has 3 aliphatic rings. The summed E-state index contributed by atoms with van der Waals surface area (Å²) in [7, 11) is 0. The summed E-state index contributed by atoms with van der Waals surface area (Å²) in [6.07, 6.45) is 2.34. The normalized spacial score (nSPS) is 16.3. The van der Waals surface area contributed by atoms with Crippen molar-refractivity contribution in [1.29, 1.82) is 0 Å². The van der Waals surface area contributed by atoms with E-state index >= 15 is 0 Å². The highest BCUT2D eigenvalue weighted by Gasteiger charge is 2.48. The lowest BCUT2D eigenvalue weighted by Crippen LogP contribution is -2.61. The van der Waals surface area contributed by atoms with Gasteiger partial charge in [-0.25, -0.2) is 0 Å². The van der Waals surface area contributed by atoms with E-state index in [1.54, 1.807) is 0 Å². The van der Waals surface area contributed by atoms with Crippen molar-refractivity contribution in [3.63, 3.8) is 0 Å². The second-order valence-corrected chi connectivity index (χ2v) is 25.2. The molecule has 0 N–H and O–H groups in total. The van der Waals surface area contributed by atoms with Crippen LogP contribution in [0.2, 0.25) is 0 Å². The SMILES string of the molecule is CC(C)(C)c1ccc(N2B3c4cc5sc6ccccc6c5cc4N(c4ccc(C(C)(C)C)cc4-c4ccccc4)c4cc(C(C)(C)C)cc(c43)-c3cc4c(cc32)C(C)(C)CCC4(C)C)cc1. The van der Waals surface area contributed by atoms with E-state index in [9.17, 15) is 0 Å². The molecule has 0 bridgehead atoms. The molecule has 1 aromatic heterocycles. The molecule has 66 heavy (non-hydrogen) atoms. The highest BCUT2D eigenvalue weighted by atomic mass is 32.1. The van der Waals surface area contributed by atoms with Gasteiger partial charge in [0.1, 0.15) is 0 Å². The molecule has 11 rings (SSSR count). The summed E-state index contributed by atoms with van der Waals surface area (Å²) in [6.45, 7) is 31.0. The molecule has 4 heteroatoms. The van der Waals surface area contributed by atoms with Crippen LogP contribution in [0.3, 0.4) is 0 Å². The summed E-state index contributed by atoms with van der Waals surface area (Å²) in [5.41, 5.74) is 21.2. The Morgan fingerprint density at radius 1 is 0.470 bits per heavy atom. The molecule has 0 amide bonds. The predicted octanol–water partition coefficient (Wildman–Crippen LogP) is 16.7. The lowest BCUT2D eigenvalue weighted by atomic mass is 9.43. The van der Waals surface area contributed by atoms with Gasteiger partial charge in [0, 0.05) is 54.0 Å². The molecule has 2 nitrogen and oxygen atoms in total. The van der Waals surface area contributed by atoms with Gasteiger partial charge in [0.05, 0.1) is 5.69 Å². The number of hydrogen-bond acceptors (Lipinski definition) is 3. The van der Waals surface area contributed by atoms with Gasteiger partial charge in [-0.3, -0.25) is 0 Å². The van der Waals surface area contributed by atoms with E-state index in [4.69, 9.17) is 0 Å². The summed E-state index contributed by atoms with van der Waals surface area (Å²) < 4.78 is 2.66. The third-order valence-corrected chi connectivity index (χ3v) is 16.7. The first-order valence-electron chi connectivity index (χ1n) is 24.3. The fraction of sp³-hybridized carbons (Fsp3) is 0.323. The van der Waals surface area contributed by atoms with Crippen molar-refractivity contribution in [3.8, 4) is 22.3 Å². The summed E-state index contributed by atoms with van der Waals surface area (Å²) in [6, 6.07) is 52.6. The Morgan fingerprint density at radius 2 is 1.08 bits per heavy atom. The zero-order valence-corrected chi connectivity index (χ0v) is 42.3. The van der Waals surface area contributed by atoms with Crippen LogP contribution in [0.1, 0.15) is 131 Å². The standard InChI is InChI=1S/C62H65BN2S/c1-58(2,3)39-23-26-42(27-24-39)65-52-36-49-48(61(10,11)29-30-62(49,12)13)34-45(52)47-32-41(60(7,8)9)33-54-57(47)63(65)50-37-56-46(43-21-17-18-22-55(43)66-56)35-53(50)64(54)51-28-25-40(59(4,5)6)31-44(51)38-19-15-14-16-20-38/h14-28,31-37H,29-30H2,1-13H3. The van der Waals surface area contributed by atoms with Crippen LogP contribution >= 0.6 is 11.3 Å². The molecule has 0 saturated heterocycles. The maximum Gasteiger partial charge on any atom is 0.333 e. The lowest BCUT2D eigenvalue weighted by molar-refractivity contribution is 0.332. The minimum Gasteiger partial charge on any atom is -0.376 e. The van der Waals surface area contributed by atoms with E-state index in [1.165, 1.54) is 122 Å². The number of fused-ring (bicyclic) bond motifs is 8. The van der Waals surface area contributed by atoms with Gasteiger partial charge < -0.3 is 9.71 Å².